The highest BCUT2D eigenvalue weighted by Gasteiger charge is 2.12. The molecule has 0 atom stereocenters. The first-order valence-electron chi connectivity index (χ1n) is 2.10. The molecule has 0 radical (unpaired) electrons. The van der Waals surface area contributed by atoms with Crippen molar-refractivity contribution < 1.29 is 5.76 Å². The van der Waals surface area contributed by atoms with E-state index in [2.05, 4.69) is 5.32 Å². The monoisotopic (exact) mass is 76.1 g/mol. The molecule has 5 heavy (non-hydrogen) atoms. The van der Waals surface area contributed by atoms with Gasteiger partial charge in [0.15, 0.2) is 0 Å². The molecule has 2 heteroatoms. The molecular formula is C3H6FN. The number of rotatable bonds is 0. The Morgan fingerprint density at radius 1 is 2.00 bits per heavy atom. The van der Waals surface area contributed by atoms with E-state index in [1.165, 1.54) is 0 Å². The van der Waals surface area contributed by atoms with Crippen molar-refractivity contribution in [2.24, 2.45) is 0 Å². The molecule has 0 aromatic heterocycles. The zero-order chi connectivity index (χ0) is 4.62. The van der Waals surface area contributed by atoms with E-state index in [0.717, 1.165) is 0 Å². The first-order valence-corrected chi connectivity index (χ1v) is 1.60. The molecule has 0 spiro atoms. The summed E-state index contributed by atoms with van der Waals surface area (Å²) in [5, 5.41) is 2.64. The molecular weight excluding hydrogens is 69.0 g/mol. The van der Waals surface area contributed by atoms with E-state index in [1.54, 1.807) is 0 Å². The highest BCUT2D eigenvalue weighted by molar-refractivity contribution is 4.71. The van der Waals surface area contributed by atoms with Gasteiger partial charge in [-0.05, 0) is 0 Å². The predicted octanol–water partition coefficient (Wildman–Crippen LogP) is -0.0723. The van der Waals surface area contributed by atoms with E-state index in [9.17, 15) is 4.39 Å². The van der Waals surface area contributed by atoms with E-state index in [-0.39, 0.29) is 13.1 Å². The third kappa shape index (κ3) is 0.401. The summed E-state index contributed by atoms with van der Waals surface area (Å²) in [6, 6.07) is 0. The summed E-state index contributed by atoms with van der Waals surface area (Å²) in [5.74, 6) is 0. The van der Waals surface area contributed by atoms with E-state index in [1.807, 2.05) is 0 Å². The predicted molar refractivity (Wildman–Crippen MR) is 17.8 cm³/mol. The maximum absolute atomic E-state index is 11.8. The number of alkyl halides is 1. The van der Waals surface area contributed by atoms with Crippen LogP contribution < -0.4 is 5.32 Å². The second-order valence-electron chi connectivity index (χ2n) is 1.12. The topological polar surface area (TPSA) is 12.0 Å². The Morgan fingerprint density at radius 3 is 2.40 bits per heavy atom. The number of halogens is 1. The maximum Gasteiger partial charge on any atom is 0.125 e. The van der Waals surface area contributed by atoms with Crippen LogP contribution in [0, 0.1) is 0 Å². The molecule has 1 aliphatic heterocycles. The summed E-state index contributed by atoms with van der Waals surface area (Å²) in [5.41, 5.74) is 0. The fourth-order valence-electron chi connectivity index (χ4n) is 0.219. The average Bonchev–Trinajstić information content (AvgIpc) is 1.32. The first-order chi connectivity index (χ1) is 2.71. The molecule has 30 valence electrons. The van der Waals surface area contributed by atoms with Crippen LogP contribution in [0.1, 0.15) is 1.37 Å². The number of hydrogen-bond donors (Lipinski definition) is 1. The normalized spacial score (nSPS) is 35.0. The van der Waals surface area contributed by atoms with E-state index < -0.39 is 6.15 Å². The second-order valence-corrected chi connectivity index (χ2v) is 1.12. The Morgan fingerprint density at radius 2 is 2.40 bits per heavy atom. The third-order valence-electron chi connectivity index (χ3n) is 0.634. The van der Waals surface area contributed by atoms with Gasteiger partial charge in [0.1, 0.15) is 6.15 Å². The molecule has 0 amide bonds. The lowest BCUT2D eigenvalue weighted by Gasteiger charge is -2.17. The van der Waals surface area contributed by atoms with E-state index >= 15 is 0 Å². The lowest BCUT2D eigenvalue weighted by atomic mass is 10.3. The Kier molecular flexibility index (Phi) is 0.400. The third-order valence-corrected chi connectivity index (χ3v) is 0.634. The van der Waals surface area contributed by atoms with Gasteiger partial charge in [-0.2, -0.15) is 0 Å². The Balaban J connectivity index is 2.31. The minimum Gasteiger partial charge on any atom is -0.311 e. The van der Waals surface area contributed by atoms with Crippen LogP contribution in [0.15, 0.2) is 0 Å². The first kappa shape index (κ1) is 2.13. The zero-order valence-corrected chi connectivity index (χ0v) is 2.79. The largest absolute Gasteiger partial charge is 0.311 e. The molecule has 0 aromatic carbocycles. The van der Waals surface area contributed by atoms with Crippen molar-refractivity contribution in [3.63, 3.8) is 0 Å². The summed E-state index contributed by atoms with van der Waals surface area (Å²) < 4.78 is 18.3. The fraction of sp³-hybridized carbons (Fsp3) is 1.00. The van der Waals surface area contributed by atoms with Crippen molar-refractivity contribution in [3.05, 3.63) is 0 Å². The number of hydrogen-bond acceptors (Lipinski definition) is 1. The standard InChI is InChI=1S/C3H6FN/c4-3-1-5-2-3/h3,5H,1-2H2/i3D. The summed E-state index contributed by atoms with van der Waals surface area (Å²) in [6.45, 7) is 0.403. The van der Waals surface area contributed by atoms with Gasteiger partial charge in [0.05, 0.1) is 1.37 Å². The van der Waals surface area contributed by atoms with Gasteiger partial charge in [0.2, 0.25) is 0 Å². The number of nitrogens with one attached hydrogen (secondary N) is 1. The molecule has 1 N–H and O–H groups in total. The van der Waals surface area contributed by atoms with Crippen molar-refractivity contribution in [1.29, 1.82) is 0 Å². The molecule has 0 aliphatic carbocycles. The SMILES string of the molecule is [2H]C1(F)CNC1. The van der Waals surface area contributed by atoms with Crippen LogP contribution in [0.3, 0.4) is 0 Å². The quantitative estimate of drug-likeness (QED) is 0.426. The van der Waals surface area contributed by atoms with Gasteiger partial charge in [0, 0.05) is 13.1 Å². The summed E-state index contributed by atoms with van der Waals surface area (Å²) in [6.07, 6.45) is -1.64. The van der Waals surface area contributed by atoms with E-state index in [4.69, 9.17) is 1.37 Å². The Labute approximate surface area is 31.6 Å². The van der Waals surface area contributed by atoms with E-state index in [0.29, 0.717) is 0 Å². The van der Waals surface area contributed by atoms with Crippen molar-refractivity contribution >= 4 is 0 Å². The van der Waals surface area contributed by atoms with Crippen LogP contribution in [-0.4, -0.2) is 19.2 Å². The van der Waals surface area contributed by atoms with Crippen LogP contribution in [0.2, 0.25) is 0 Å². The van der Waals surface area contributed by atoms with Crippen molar-refractivity contribution in [2.75, 3.05) is 13.1 Å². The molecule has 0 unspecified atom stereocenters. The molecule has 0 bridgehead atoms. The molecule has 1 heterocycles. The summed E-state index contributed by atoms with van der Waals surface area (Å²) >= 11 is 0. The van der Waals surface area contributed by atoms with Gasteiger partial charge in [-0.1, -0.05) is 0 Å². The molecule has 1 nitrogen and oxygen atoms in total. The second kappa shape index (κ2) is 0.937. The Hall–Kier alpha value is -0.110. The highest BCUT2D eigenvalue weighted by Crippen LogP contribution is 1.92. The van der Waals surface area contributed by atoms with Crippen molar-refractivity contribution in [2.45, 2.75) is 6.15 Å². The fourth-order valence-corrected chi connectivity index (χ4v) is 0.219. The van der Waals surface area contributed by atoms with Crippen LogP contribution in [0.25, 0.3) is 0 Å². The average molecular weight is 76.1 g/mol. The van der Waals surface area contributed by atoms with Gasteiger partial charge < -0.3 is 5.32 Å². The summed E-state index contributed by atoms with van der Waals surface area (Å²) in [7, 11) is 0. The molecule has 0 saturated carbocycles. The van der Waals surface area contributed by atoms with Gasteiger partial charge in [-0.25, -0.2) is 4.39 Å². The lowest BCUT2D eigenvalue weighted by molar-refractivity contribution is 0.237. The smallest absolute Gasteiger partial charge is 0.125 e. The van der Waals surface area contributed by atoms with Gasteiger partial charge in [-0.3, -0.25) is 0 Å². The van der Waals surface area contributed by atoms with Crippen LogP contribution in [0.5, 0.6) is 0 Å². The summed E-state index contributed by atoms with van der Waals surface area (Å²) in [4.78, 5) is 0. The highest BCUT2D eigenvalue weighted by atomic mass is 19.1. The molecule has 0 aromatic rings. The van der Waals surface area contributed by atoms with Gasteiger partial charge in [0.25, 0.3) is 0 Å². The van der Waals surface area contributed by atoms with Crippen LogP contribution in [0.4, 0.5) is 4.39 Å². The van der Waals surface area contributed by atoms with Crippen molar-refractivity contribution in [1.82, 2.24) is 5.32 Å². The zero-order valence-electron chi connectivity index (χ0n) is 3.79. The maximum atomic E-state index is 11.8. The minimum atomic E-state index is -1.64. The van der Waals surface area contributed by atoms with Gasteiger partial charge in [-0.15, -0.1) is 0 Å². The molecule has 1 fully saturated rings. The minimum absolute atomic E-state index is 0.201. The molecule has 1 aliphatic rings. The van der Waals surface area contributed by atoms with Gasteiger partial charge >= 0.3 is 0 Å². The van der Waals surface area contributed by atoms with Crippen LogP contribution in [-0.2, 0) is 0 Å². The van der Waals surface area contributed by atoms with Crippen molar-refractivity contribution in [3.8, 4) is 0 Å². The lowest BCUT2D eigenvalue weighted by Crippen LogP contribution is -2.43. The molecule has 1 saturated heterocycles. The van der Waals surface area contributed by atoms with Crippen LogP contribution >= 0.6 is 0 Å². The Bertz CT molecular complexity index is 57.8. The molecule has 1 rings (SSSR count).